The number of hydrogen-bond acceptors (Lipinski definition) is 4. The third kappa shape index (κ3) is 5.09. The Morgan fingerprint density at radius 3 is 2.38 bits per heavy atom. The monoisotopic (exact) mass is 382 g/mol. The number of hydrogen-bond donors (Lipinski definition) is 3. The number of benzene rings is 2. The van der Waals surface area contributed by atoms with Crippen LogP contribution in [0.25, 0.3) is 0 Å². The molecule has 2 aromatic carbocycles. The Morgan fingerprint density at radius 1 is 1.12 bits per heavy atom. The van der Waals surface area contributed by atoms with Crippen LogP contribution in [0.15, 0.2) is 47.4 Å². The van der Waals surface area contributed by atoms with Gasteiger partial charge in [-0.05, 0) is 42.0 Å². The summed E-state index contributed by atoms with van der Waals surface area (Å²) in [5.41, 5.74) is 6.65. The van der Waals surface area contributed by atoms with Gasteiger partial charge in [0.15, 0.2) is 11.5 Å². The molecule has 0 unspecified atom stereocenters. The van der Waals surface area contributed by atoms with E-state index in [1.807, 2.05) is 12.1 Å². The van der Waals surface area contributed by atoms with Gasteiger partial charge in [0.2, 0.25) is 0 Å². The number of ether oxygens (including phenoxy) is 2. The van der Waals surface area contributed by atoms with E-state index in [0.29, 0.717) is 24.5 Å². The summed E-state index contributed by atoms with van der Waals surface area (Å²) in [5.74, 6) is 0.602. The fourth-order valence-corrected chi connectivity index (χ4v) is 3.21. The molecule has 0 bridgehead atoms. The maximum atomic E-state index is 12.9. The molecule has 0 aliphatic carbocycles. The smallest absolute Gasteiger partial charge is 0.356 e. The number of halogens is 1. The van der Waals surface area contributed by atoms with Gasteiger partial charge in [-0.3, -0.25) is 10.7 Å². The first-order valence-corrected chi connectivity index (χ1v) is 9.19. The second-order valence-electron chi connectivity index (χ2n) is 5.34. The molecule has 0 aromatic heterocycles. The normalized spacial score (nSPS) is 11.9. The van der Waals surface area contributed by atoms with Crippen molar-refractivity contribution in [2.45, 2.75) is 11.3 Å². The van der Waals surface area contributed by atoms with Crippen molar-refractivity contribution in [1.29, 1.82) is 0 Å². The molecule has 0 saturated carbocycles. The Hall–Kier alpha value is -2.81. The molecule has 4 N–H and O–H groups in total. The van der Waals surface area contributed by atoms with Crippen LogP contribution in [0.4, 0.5) is 4.39 Å². The van der Waals surface area contributed by atoms with Crippen molar-refractivity contribution < 1.29 is 27.3 Å². The second-order valence-corrected chi connectivity index (χ2v) is 7.02. The average Bonchev–Trinajstić information content (AvgIpc) is 2.61. The summed E-state index contributed by atoms with van der Waals surface area (Å²) in [6.45, 7) is 0.396. The van der Waals surface area contributed by atoms with Crippen LogP contribution in [-0.2, 0) is 16.4 Å². The highest BCUT2D eigenvalue weighted by molar-refractivity contribution is 7.90. The van der Waals surface area contributed by atoms with E-state index in [2.05, 4.69) is 9.71 Å². The summed E-state index contributed by atoms with van der Waals surface area (Å²) < 4.78 is 49.8. The Kier molecular flexibility index (Phi) is 6.40. The molecule has 7 nitrogen and oxygen atoms in total. The highest BCUT2D eigenvalue weighted by Crippen LogP contribution is 2.27. The summed E-state index contributed by atoms with van der Waals surface area (Å²) in [4.78, 5) is 2.71. The van der Waals surface area contributed by atoms with Crippen LogP contribution in [0.5, 0.6) is 11.5 Å². The lowest BCUT2D eigenvalue weighted by molar-refractivity contribution is -0.459. The van der Waals surface area contributed by atoms with Gasteiger partial charge in [0.25, 0.3) is 0 Å². The summed E-state index contributed by atoms with van der Waals surface area (Å²) in [5, 5.41) is 0. The van der Waals surface area contributed by atoms with Gasteiger partial charge in [-0.25, -0.2) is 4.39 Å². The lowest BCUT2D eigenvalue weighted by atomic mass is 10.1. The van der Waals surface area contributed by atoms with Gasteiger partial charge >= 0.3 is 16.0 Å². The van der Waals surface area contributed by atoms with Crippen LogP contribution in [0, 0.1) is 5.82 Å². The average molecular weight is 382 g/mol. The van der Waals surface area contributed by atoms with Crippen LogP contribution in [0.1, 0.15) is 5.56 Å². The van der Waals surface area contributed by atoms with Crippen LogP contribution < -0.4 is 24.9 Å². The first-order valence-electron chi connectivity index (χ1n) is 7.71. The SMILES string of the molecule is COc1ccc(CC[NH+]=C(N)NS(=O)(=O)c2ccc(F)cc2)cc1OC. The Morgan fingerprint density at radius 2 is 1.77 bits per heavy atom. The summed E-state index contributed by atoms with van der Waals surface area (Å²) in [6, 6.07) is 9.95. The minimum absolute atomic E-state index is 0.0801. The van der Waals surface area contributed by atoms with Crippen molar-refractivity contribution in [3.63, 3.8) is 0 Å². The van der Waals surface area contributed by atoms with Crippen LogP contribution in [0.2, 0.25) is 0 Å². The van der Waals surface area contributed by atoms with E-state index < -0.39 is 15.8 Å². The molecule has 0 spiro atoms. The Balaban J connectivity index is 1.99. The van der Waals surface area contributed by atoms with Gasteiger partial charge < -0.3 is 9.47 Å². The highest BCUT2D eigenvalue weighted by atomic mass is 32.2. The molecule has 0 saturated heterocycles. The minimum Gasteiger partial charge on any atom is -0.493 e. The fraction of sp³-hybridized carbons (Fsp3) is 0.235. The predicted molar refractivity (Wildman–Crippen MR) is 95.0 cm³/mol. The van der Waals surface area contributed by atoms with Crippen molar-refractivity contribution >= 4 is 16.0 Å². The first-order chi connectivity index (χ1) is 12.4. The molecule has 0 radical (unpaired) electrons. The number of guanidine groups is 1. The molecule has 140 valence electrons. The van der Waals surface area contributed by atoms with E-state index in [1.54, 1.807) is 20.3 Å². The maximum absolute atomic E-state index is 12.9. The summed E-state index contributed by atoms with van der Waals surface area (Å²) in [6.07, 6.45) is 0.583. The lowest BCUT2D eigenvalue weighted by Gasteiger charge is -2.08. The van der Waals surface area contributed by atoms with E-state index in [-0.39, 0.29) is 10.9 Å². The second kappa shape index (κ2) is 8.52. The van der Waals surface area contributed by atoms with Crippen molar-refractivity contribution in [2.75, 3.05) is 20.8 Å². The van der Waals surface area contributed by atoms with Crippen molar-refractivity contribution in [1.82, 2.24) is 4.72 Å². The molecule has 0 amide bonds. The molecule has 0 heterocycles. The molecule has 26 heavy (non-hydrogen) atoms. The standard InChI is InChI=1S/C17H20FN3O4S/c1-24-15-8-3-12(11-16(15)25-2)9-10-20-17(19)21-26(22,23)14-6-4-13(18)5-7-14/h3-8,11H,9-10H2,1-2H3,(H3,19,20,21)/p+1. The van der Waals surface area contributed by atoms with Crippen LogP contribution in [-0.4, -0.2) is 35.1 Å². The Bertz CT molecular complexity index is 883. The highest BCUT2D eigenvalue weighted by Gasteiger charge is 2.19. The van der Waals surface area contributed by atoms with E-state index in [9.17, 15) is 12.8 Å². The Labute approximate surface area is 151 Å². The van der Waals surface area contributed by atoms with Crippen LogP contribution >= 0.6 is 0 Å². The molecule has 0 aliphatic rings. The fourth-order valence-electron chi connectivity index (χ4n) is 2.23. The maximum Gasteiger partial charge on any atom is 0.356 e. The number of sulfonamides is 1. The number of methoxy groups -OCH3 is 2. The zero-order valence-corrected chi connectivity index (χ0v) is 15.3. The van der Waals surface area contributed by atoms with Gasteiger partial charge in [-0.1, -0.05) is 6.07 Å². The molecular formula is C17H21FN3O4S+. The van der Waals surface area contributed by atoms with E-state index in [4.69, 9.17) is 15.2 Å². The van der Waals surface area contributed by atoms with Gasteiger partial charge in [0.05, 0.1) is 20.8 Å². The number of nitrogens with one attached hydrogen (secondary N) is 2. The zero-order valence-electron chi connectivity index (χ0n) is 14.5. The summed E-state index contributed by atoms with van der Waals surface area (Å²) in [7, 11) is -0.760. The van der Waals surface area contributed by atoms with Crippen molar-refractivity contribution in [3.05, 3.63) is 53.8 Å². The third-order valence-corrected chi connectivity index (χ3v) is 4.93. The molecule has 2 aromatic rings. The third-order valence-electron chi connectivity index (χ3n) is 3.55. The number of nitrogens with two attached hydrogens (primary N) is 1. The molecule has 0 aliphatic heterocycles. The zero-order chi connectivity index (χ0) is 19.2. The van der Waals surface area contributed by atoms with Gasteiger partial charge in [0.1, 0.15) is 10.7 Å². The molecular weight excluding hydrogens is 361 g/mol. The van der Waals surface area contributed by atoms with Gasteiger partial charge in [-0.2, -0.15) is 13.1 Å². The molecule has 9 heteroatoms. The molecule has 2 rings (SSSR count). The predicted octanol–water partition coefficient (Wildman–Crippen LogP) is -0.241. The number of rotatable bonds is 7. The lowest BCUT2D eigenvalue weighted by Crippen LogP contribution is -2.79. The van der Waals surface area contributed by atoms with Gasteiger partial charge in [-0.15, -0.1) is 0 Å². The largest absolute Gasteiger partial charge is 0.493 e. The van der Waals surface area contributed by atoms with Crippen molar-refractivity contribution in [2.24, 2.45) is 5.73 Å². The minimum atomic E-state index is -3.87. The summed E-state index contributed by atoms with van der Waals surface area (Å²) >= 11 is 0. The van der Waals surface area contributed by atoms with Crippen LogP contribution in [0.3, 0.4) is 0 Å². The topological polar surface area (TPSA) is 105 Å². The molecule has 0 atom stereocenters. The first kappa shape index (κ1) is 19.5. The van der Waals surface area contributed by atoms with E-state index in [1.165, 1.54) is 0 Å². The van der Waals surface area contributed by atoms with E-state index in [0.717, 1.165) is 29.8 Å². The van der Waals surface area contributed by atoms with Crippen molar-refractivity contribution in [3.8, 4) is 11.5 Å². The quantitative estimate of drug-likeness (QED) is 0.453. The molecule has 0 fully saturated rings. The van der Waals surface area contributed by atoms with Gasteiger partial charge in [0, 0.05) is 6.42 Å². The van der Waals surface area contributed by atoms with E-state index >= 15 is 0 Å².